The highest BCUT2D eigenvalue weighted by atomic mass is 16.2. The van der Waals surface area contributed by atoms with Gasteiger partial charge in [-0.15, -0.1) is 0 Å². The van der Waals surface area contributed by atoms with Gasteiger partial charge in [0.15, 0.2) is 0 Å². The molecule has 3 amide bonds. The van der Waals surface area contributed by atoms with Gasteiger partial charge >= 0.3 is 0 Å². The maximum Gasteiger partial charge on any atom is 0.249 e. The number of carbonyl (C=O) groups excluding carboxylic acids is 3. The van der Waals surface area contributed by atoms with Crippen molar-refractivity contribution < 1.29 is 14.4 Å². The van der Waals surface area contributed by atoms with Crippen LogP contribution in [-0.4, -0.2) is 23.8 Å². The lowest BCUT2D eigenvalue weighted by Crippen LogP contribution is -2.56. The van der Waals surface area contributed by atoms with Gasteiger partial charge in [-0.25, -0.2) is 0 Å². The molecular weight excluding hydrogens is 328 g/mol. The van der Waals surface area contributed by atoms with E-state index in [-0.39, 0.29) is 24.1 Å². The summed E-state index contributed by atoms with van der Waals surface area (Å²) < 4.78 is 0. The van der Waals surface area contributed by atoms with Crippen molar-refractivity contribution in [2.45, 2.75) is 77.2 Å². The normalized spacial score (nSPS) is 23.3. The average Bonchev–Trinajstić information content (AvgIpc) is 2.84. The number of carbonyl (C=O) groups is 3. The Morgan fingerprint density at radius 3 is 2.38 bits per heavy atom. The summed E-state index contributed by atoms with van der Waals surface area (Å²) >= 11 is 0. The largest absolute Gasteiger partial charge is 0.299 e. The van der Waals surface area contributed by atoms with Crippen LogP contribution in [0.2, 0.25) is 0 Å². The molecule has 26 heavy (non-hydrogen) atoms. The highest BCUT2D eigenvalue weighted by Gasteiger charge is 2.57. The van der Waals surface area contributed by atoms with E-state index in [0.717, 1.165) is 30.5 Å². The lowest BCUT2D eigenvalue weighted by Gasteiger charge is -2.38. The highest BCUT2D eigenvalue weighted by Crippen LogP contribution is 2.54. The van der Waals surface area contributed by atoms with Gasteiger partial charge in [-0.05, 0) is 42.4 Å². The monoisotopic (exact) mass is 356 g/mol. The average molecular weight is 356 g/mol. The first-order valence-electron chi connectivity index (χ1n) is 9.76. The van der Waals surface area contributed by atoms with Gasteiger partial charge in [-0.2, -0.15) is 0 Å². The third-order valence-electron chi connectivity index (χ3n) is 5.82. The molecule has 1 aliphatic carbocycles. The zero-order valence-electron chi connectivity index (χ0n) is 16.1. The van der Waals surface area contributed by atoms with E-state index in [1.165, 1.54) is 5.56 Å². The third kappa shape index (κ3) is 2.65. The summed E-state index contributed by atoms with van der Waals surface area (Å²) in [5.74, 6) is -0.169. The van der Waals surface area contributed by atoms with Crippen LogP contribution in [-0.2, 0) is 19.8 Å². The topological polar surface area (TPSA) is 66.5 Å². The molecule has 5 heteroatoms. The number of rotatable bonds is 2. The fraction of sp³-hybridized carbons (Fsp3) is 0.571. The minimum Gasteiger partial charge on any atom is -0.299 e. The molecule has 2 aliphatic heterocycles. The van der Waals surface area contributed by atoms with Crippen LogP contribution in [0.4, 0.5) is 5.69 Å². The van der Waals surface area contributed by atoms with Crippen LogP contribution in [0.3, 0.4) is 0 Å². The number of benzene rings is 1. The Morgan fingerprint density at radius 1 is 1.15 bits per heavy atom. The van der Waals surface area contributed by atoms with E-state index < -0.39 is 11.5 Å². The van der Waals surface area contributed by atoms with Crippen LogP contribution in [0.5, 0.6) is 0 Å². The van der Waals surface area contributed by atoms with Gasteiger partial charge in [0.2, 0.25) is 17.7 Å². The summed E-state index contributed by atoms with van der Waals surface area (Å²) in [7, 11) is 0. The van der Waals surface area contributed by atoms with Gasteiger partial charge in [0.25, 0.3) is 0 Å². The Balaban J connectivity index is 0.000000948. The van der Waals surface area contributed by atoms with Crippen molar-refractivity contribution in [3.8, 4) is 0 Å². The summed E-state index contributed by atoms with van der Waals surface area (Å²) in [4.78, 5) is 38.7. The Hall–Kier alpha value is -2.17. The first-order chi connectivity index (χ1) is 12.4. The molecule has 1 saturated carbocycles. The summed E-state index contributed by atoms with van der Waals surface area (Å²) in [5.41, 5.74) is 2.72. The Morgan fingerprint density at radius 2 is 1.85 bits per heavy atom. The van der Waals surface area contributed by atoms with Crippen LogP contribution in [0.25, 0.3) is 0 Å². The molecule has 3 aliphatic rings. The zero-order chi connectivity index (χ0) is 19.1. The highest BCUT2D eigenvalue weighted by molar-refractivity contribution is 6.14. The maximum atomic E-state index is 13.2. The van der Waals surface area contributed by atoms with E-state index in [9.17, 15) is 14.4 Å². The molecule has 1 unspecified atom stereocenters. The van der Waals surface area contributed by atoms with Gasteiger partial charge in [0.1, 0.15) is 6.04 Å². The molecule has 1 spiro atoms. The number of nitrogens with zero attached hydrogens (tertiary/aromatic N) is 1. The van der Waals surface area contributed by atoms with Gasteiger partial charge in [-0.3, -0.25) is 24.6 Å². The lowest BCUT2D eigenvalue weighted by molar-refractivity contribution is -0.136. The third-order valence-corrected chi connectivity index (χ3v) is 5.82. The van der Waals surface area contributed by atoms with Crippen LogP contribution < -0.4 is 10.2 Å². The van der Waals surface area contributed by atoms with E-state index >= 15 is 0 Å². The standard InChI is InChI=1S/C19H22N2O3.C2H6/c1-11(2)12-4-5-14-13(10-12)19(8-3-9-19)18(24)21(14)15-6-7-16(22)20-17(15)23;1-2/h4-5,10-11,15H,3,6-9H2,1-2H3,(H,20,22,23);1-2H3. The van der Waals surface area contributed by atoms with E-state index in [0.29, 0.717) is 12.3 Å². The van der Waals surface area contributed by atoms with Crippen molar-refractivity contribution in [1.82, 2.24) is 5.32 Å². The molecule has 1 saturated heterocycles. The molecule has 1 aromatic rings. The molecule has 1 atom stereocenters. The maximum absolute atomic E-state index is 13.2. The predicted octanol–water partition coefficient (Wildman–Crippen LogP) is 3.41. The number of amides is 3. The van der Waals surface area contributed by atoms with Crippen molar-refractivity contribution in [3.63, 3.8) is 0 Å². The van der Waals surface area contributed by atoms with Crippen LogP contribution in [0.1, 0.15) is 76.8 Å². The summed E-state index contributed by atoms with van der Waals surface area (Å²) in [6.45, 7) is 8.29. The second kappa shape index (κ2) is 6.86. The smallest absolute Gasteiger partial charge is 0.249 e. The number of imide groups is 1. The van der Waals surface area contributed by atoms with Gasteiger partial charge < -0.3 is 0 Å². The number of hydrogen-bond acceptors (Lipinski definition) is 3. The quantitative estimate of drug-likeness (QED) is 0.826. The Kier molecular flexibility index (Phi) is 4.91. The second-order valence-electron chi connectivity index (χ2n) is 7.51. The molecule has 5 nitrogen and oxygen atoms in total. The van der Waals surface area contributed by atoms with Gasteiger partial charge in [0.05, 0.1) is 5.41 Å². The number of anilines is 1. The molecule has 1 aromatic carbocycles. The fourth-order valence-corrected chi connectivity index (χ4v) is 4.21. The minimum atomic E-state index is -0.571. The van der Waals surface area contributed by atoms with E-state index in [4.69, 9.17) is 0 Å². The molecule has 0 radical (unpaired) electrons. The molecule has 140 valence electrons. The number of fused-ring (bicyclic) bond motifs is 2. The predicted molar refractivity (Wildman–Crippen MR) is 101 cm³/mol. The minimum absolute atomic E-state index is 0.0409. The molecule has 1 N–H and O–H groups in total. The van der Waals surface area contributed by atoms with Crippen molar-refractivity contribution in [3.05, 3.63) is 29.3 Å². The van der Waals surface area contributed by atoms with E-state index in [1.807, 2.05) is 26.0 Å². The van der Waals surface area contributed by atoms with E-state index in [1.54, 1.807) is 4.90 Å². The zero-order valence-corrected chi connectivity index (χ0v) is 16.1. The Labute approximate surface area is 155 Å². The Bertz CT molecular complexity index is 750. The first kappa shape index (κ1) is 18.6. The molecule has 0 aromatic heterocycles. The number of nitrogens with one attached hydrogen (secondary N) is 1. The second-order valence-corrected chi connectivity index (χ2v) is 7.51. The van der Waals surface area contributed by atoms with Crippen molar-refractivity contribution in [1.29, 1.82) is 0 Å². The van der Waals surface area contributed by atoms with Crippen LogP contribution in [0, 0.1) is 0 Å². The lowest BCUT2D eigenvalue weighted by atomic mass is 9.65. The molecule has 4 rings (SSSR count). The summed E-state index contributed by atoms with van der Waals surface area (Å²) in [6, 6.07) is 5.62. The number of piperidine rings is 1. The van der Waals surface area contributed by atoms with Crippen molar-refractivity contribution in [2.24, 2.45) is 0 Å². The fourth-order valence-electron chi connectivity index (χ4n) is 4.21. The van der Waals surface area contributed by atoms with Gasteiger partial charge in [-0.1, -0.05) is 46.2 Å². The SMILES string of the molecule is CC.CC(C)c1ccc2c(c1)C1(CCC1)C(=O)N2C1CCC(=O)NC1=O. The first-order valence-corrected chi connectivity index (χ1v) is 9.76. The van der Waals surface area contributed by atoms with Crippen LogP contribution >= 0.6 is 0 Å². The molecule has 2 heterocycles. The van der Waals surface area contributed by atoms with Gasteiger partial charge in [0, 0.05) is 12.1 Å². The van der Waals surface area contributed by atoms with Crippen LogP contribution in [0.15, 0.2) is 18.2 Å². The summed E-state index contributed by atoms with van der Waals surface area (Å²) in [6.07, 6.45) is 3.43. The molecular formula is C21H28N2O3. The summed E-state index contributed by atoms with van der Waals surface area (Å²) in [5, 5.41) is 2.38. The van der Waals surface area contributed by atoms with Crippen molar-refractivity contribution >= 4 is 23.4 Å². The number of hydrogen-bond donors (Lipinski definition) is 1. The molecule has 2 fully saturated rings. The molecule has 0 bridgehead atoms. The van der Waals surface area contributed by atoms with Crippen molar-refractivity contribution in [2.75, 3.05) is 4.90 Å². The van der Waals surface area contributed by atoms with E-state index in [2.05, 4.69) is 25.2 Å².